The van der Waals surface area contributed by atoms with E-state index in [4.69, 9.17) is 5.73 Å². The van der Waals surface area contributed by atoms with E-state index in [-0.39, 0.29) is 5.91 Å². The number of carbonyl (C=O) groups excluding carboxylic acids is 1. The minimum absolute atomic E-state index is 0.0462. The van der Waals surface area contributed by atoms with Crippen LogP contribution in [0.5, 0.6) is 0 Å². The van der Waals surface area contributed by atoms with Crippen molar-refractivity contribution in [2.45, 2.75) is 19.3 Å². The van der Waals surface area contributed by atoms with Crippen LogP contribution in [0.2, 0.25) is 0 Å². The van der Waals surface area contributed by atoms with Gasteiger partial charge in [0.1, 0.15) is 0 Å². The van der Waals surface area contributed by atoms with Crippen molar-refractivity contribution >= 4 is 38.3 Å². The first-order chi connectivity index (χ1) is 9.19. The van der Waals surface area contributed by atoms with Gasteiger partial charge in [0.15, 0.2) is 0 Å². The van der Waals surface area contributed by atoms with E-state index in [0.717, 1.165) is 33.8 Å². The summed E-state index contributed by atoms with van der Waals surface area (Å²) in [5.74, 6) is 0.0462. The summed E-state index contributed by atoms with van der Waals surface area (Å²) < 4.78 is 1.05. The van der Waals surface area contributed by atoms with E-state index in [9.17, 15) is 4.79 Å². The van der Waals surface area contributed by atoms with Crippen molar-refractivity contribution in [3.05, 3.63) is 40.9 Å². The largest absolute Gasteiger partial charge is 0.330 e. The zero-order chi connectivity index (χ0) is 13.7. The van der Waals surface area contributed by atoms with Gasteiger partial charge in [-0.25, -0.2) is 0 Å². The first-order valence-corrected chi connectivity index (χ1v) is 7.17. The molecule has 0 atom stereocenters. The SMILES string of the molecule is NCCCCC(=O)Nc1ccc2cc(Br)ccc2c1. The second-order valence-corrected chi connectivity index (χ2v) is 5.42. The van der Waals surface area contributed by atoms with Gasteiger partial charge in [-0.05, 0) is 54.4 Å². The summed E-state index contributed by atoms with van der Waals surface area (Å²) in [7, 11) is 0. The van der Waals surface area contributed by atoms with Crippen LogP contribution in [0.15, 0.2) is 40.9 Å². The molecule has 1 amide bonds. The van der Waals surface area contributed by atoms with Gasteiger partial charge in [-0.3, -0.25) is 4.79 Å². The molecule has 2 rings (SSSR count). The molecule has 0 aliphatic carbocycles. The van der Waals surface area contributed by atoms with E-state index in [1.165, 1.54) is 0 Å². The van der Waals surface area contributed by atoms with E-state index in [1.54, 1.807) is 0 Å². The fraction of sp³-hybridized carbons (Fsp3) is 0.267. The zero-order valence-corrected chi connectivity index (χ0v) is 12.2. The highest BCUT2D eigenvalue weighted by Gasteiger charge is 2.03. The maximum Gasteiger partial charge on any atom is 0.224 e. The average molecular weight is 321 g/mol. The number of rotatable bonds is 5. The Bertz CT molecular complexity index is 583. The second-order valence-electron chi connectivity index (χ2n) is 4.50. The minimum Gasteiger partial charge on any atom is -0.330 e. The van der Waals surface area contributed by atoms with Gasteiger partial charge in [-0.2, -0.15) is 0 Å². The predicted molar refractivity (Wildman–Crippen MR) is 83.2 cm³/mol. The van der Waals surface area contributed by atoms with Gasteiger partial charge in [0, 0.05) is 16.6 Å². The number of fused-ring (bicyclic) bond motifs is 1. The second kappa shape index (κ2) is 6.68. The van der Waals surface area contributed by atoms with Gasteiger partial charge >= 0.3 is 0 Å². The van der Waals surface area contributed by atoms with Gasteiger partial charge < -0.3 is 11.1 Å². The monoisotopic (exact) mass is 320 g/mol. The maximum absolute atomic E-state index is 11.7. The first kappa shape index (κ1) is 14.0. The lowest BCUT2D eigenvalue weighted by Gasteiger charge is -2.06. The molecule has 0 radical (unpaired) electrons. The number of carbonyl (C=O) groups is 1. The number of anilines is 1. The highest BCUT2D eigenvalue weighted by molar-refractivity contribution is 9.10. The van der Waals surface area contributed by atoms with Crippen LogP contribution >= 0.6 is 15.9 Å². The van der Waals surface area contributed by atoms with Gasteiger partial charge in [0.05, 0.1) is 0 Å². The lowest BCUT2D eigenvalue weighted by atomic mass is 10.1. The number of nitrogens with two attached hydrogens (primary N) is 1. The third-order valence-electron chi connectivity index (χ3n) is 2.94. The summed E-state index contributed by atoms with van der Waals surface area (Å²) in [6.45, 7) is 0.637. The predicted octanol–water partition coefficient (Wildman–Crippen LogP) is 3.67. The van der Waals surface area contributed by atoms with Crippen molar-refractivity contribution in [3.8, 4) is 0 Å². The Labute approximate surface area is 121 Å². The summed E-state index contributed by atoms with van der Waals surface area (Å²) in [5, 5.41) is 5.18. The summed E-state index contributed by atoms with van der Waals surface area (Å²) in [4.78, 5) is 11.7. The van der Waals surface area contributed by atoms with Crippen molar-refractivity contribution in [1.82, 2.24) is 0 Å². The number of benzene rings is 2. The molecule has 3 nitrogen and oxygen atoms in total. The average Bonchev–Trinajstić information content (AvgIpc) is 2.39. The van der Waals surface area contributed by atoms with Crippen LogP contribution in [0.1, 0.15) is 19.3 Å². The fourth-order valence-electron chi connectivity index (χ4n) is 1.95. The third-order valence-corrected chi connectivity index (χ3v) is 3.44. The fourth-order valence-corrected chi connectivity index (χ4v) is 2.33. The van der Waals surface area contributed by atoms with Crippen molar-refractivity contribution in [3.63, 3.8) is 0 Å². The molecule has 0 saturated heterocycles. The lowest BCUT2D eigenvalue weighted by Crippen LogP contribution is -2.11. The van der Waals surface area contributed by atoms with Crippen molar-refractivity contribution in [1.29, 1.82) is 0 Å². The van der Waals surface area contributed by atoms with Crippen LogP contribution in [0.25, 0.3) is 10.8 Å². The smallest absolute Gasteiger partial charge is 0.224 e. The number of nitrogens with one attached hydrogen (secondary N) is 1. The van der Waals surface area contributed by atoms with Gasteiger partial charge in [0.2, 0.25) is 5.91 Å². The molecule has 100 valence electrons. The van der Waals surface area contributed by atoms with Crippen LogP contribution in [0.3, 0.4) is 0 Å². The van der Waals surface area contributed by atoms with Crippen molar-refractivity contribution < 1.29 is 4.79 Å². The molecule has 0 heterocycles. The number of unbranched alkanes of at least 4 members (excludes halogenated alkanes) is 1. The van der Waals surface area contributed by atoms with Crippen LogP contribution in [0.4, 0.5) is 5.69 Å². The van der Waals surface area contributed by atoms with E-state index < -0.39 is 0 Å². The Morgan fingerprint density at radius 1 is 1.11 bits per heavy atom. The molecule has 0 bridgehead atoms. The number of amides is 1. The van der Waals surface area contributed by atoms with Crippen molar-refractivity contribution in [2.75, 3.05) is 11.9 Å². The lowest BCUT2D eigenvalue weighted by molar-refractivity contribution is -0.116. The molecule has 0 aliphatic heterocycles. The molecular weight excluding hydrogens is 304 g/mol. The highest BCUT2D eigenvalue weighted by Crippen LogP contribution is 2.23. The van der Waals surface area contributed by atoms with Crippen molar-refractivity contribution in [2.24, 2.45) is 5.73 Å². The molecule has 19 heavy (non-hydrogen) atoms. The quantitative estimate of drug-likeness (QED) is 0.826. The molecule has 0 aliphatic rings. The molecule has 0 saturated carbocycles. The molecule has 0 spiro atoms. The number of hydrogen-bond acceptors (Lipinski definition) is 2. The third kappa shape index (κ3) is 4.04. The molecule has 2 aromatic carbocycles. The van der Waals surface area contributed by atoms with E-state index in [1.807, 2.05) is 30.3 Å². The summed E-state index contributed by atoms with van der Waals surface area (Å²) in [6.07, 6.45) is 2.25. The molecule has 4 heteroatoms. The Morgan fingerprint density at radius 2 is 1.84 bits per heavy atom. The van der Waals surface area contributed by atoms with E-state index in [0.29, 0.717) is 13.0 Å². The Balaban J connectivity index is 2.05. The molecular formula is C15H17BrN2O. The first-order valence-electron chi connectivity index (χ1n) is 6.38. The molecule has 0 unspecified atom stereocenters. The Morgan fingerprint density at radius 3 is 2.63 bits per heavy atom. The molecule has 0 fully saturated rings. The molecule has 2 aromatic rings. The summed E-state index contributed by atoms with van der Waals surface area (Å²) in [6, 6.07) is 12.0. The summed E-state index contributed by atoms with van der Waals surface area (Å²) in [5.41, 5.74) is 6.25. The van der Waals surface area contributed by atoms with Crippen LogP contribution in [0, 0.1) is 0 Å². The van der Waals surface area contributed by atoms with E-state index in [2.05, 4.69) is 27.3 Å². The van der Waals surface area contributed by atoms with Gasteiger partial charge in [0.25, 0.3) is 0 Å². The topological polar surface area (TPSA) is 55.1 Å². The Hall–Kier alpha value is -1.39. The molecule has 0 aromatic heterocycles. The van der Waals surface area contributed by atoms with Crippen LogP contribution in [-0.4, -0.2) is 12.5 Å². The highest BCUT2D eigenvalue weighted by atomic mass is 79.9. The molecule has 3 N–H and O–H groups in total. The minimum atomic E-state index is 0.0462. The maximum atomic E-state index is 11.7. The Kier molecular flexibility index (Phi) is 4.93. The van der Waals surface area contributed by atoms with Crippen LogP contribution in [-0.2, 0) is 4.79 Å². The van der Waals surface area contributed by atoms with E-state index >= 15 is 0 Å². The standard InChI is InChI=1S/C15H17BrN2O/c16-13-6-4-12-10-14(7-5-11(12)9-13)18-15(19)3-1-2-8-17/h4-7,9-10H,1-3,8,17H2,(H,18,19). The number of halogens is 1. The normalized spacial score (nSPS) is 10.6. The van der Waals surface area contributed by atoms with Gasteiger partial charge in [-0.1, -0.05) is 28.1 Å². The zero-order valence-electron chi connectivity index (χ0n) is 10.7. The van der Waals surface area contributed by atoms with Crippen LogP contribution < -0.4 is 11.1 Å². The summed E-state index contributed by atoms with van der Waals surface area (Å²) >= 11 is 3.45. The van der Waals surface area contributed by atoms with Gasteiger partial charge in [-0.15, -0.1) is 0 Å². The number of hydrogen-bond donors (Lipinski definition) is 2.